The summed E-state index contributed by atoms with van der Waals surface area (Å²) in [5, 5.41) is 11.3. The summed E-state index contributed by atoms with van der Waals surface area (Å²) in [6, 6.07) is 1.88. The van der Waals surface area contributed by atoms with Gasteiger partial charge in [0, 0.05) is 24.5 Å². The molecule has 10 heteroatoms. The second kappa shape index (κ2) is 9.63. The molecule has 0 radical (unpaired) electrons. The molecule has 1 amide bonds. The fourth-order valence-corrected chi connectivity index (χ4v) is 5.01. The van der Waals surface area contributed by atoms with Gasteiger partial charge >= 0.3 is 12.1 Å². The van der Waals surface area contributed by atoms with Gasteiger partial charge in [-0.25, -0.2) is 4.79 Å². The fraction of sp³-hybridized carbons (Fsp3) is 0.667. The Labute approximate surface area is 233 Å². The van der Waals surface area contributed by atoms with Crippen LogP contribution in [0.15, 0.2) is 10.5 Å². The van der Waals surface area contributed by atoms with Crippen molar-refractivity contribution in [2.24, 2.45) is 5.41 Å². The summed E-state index contributed by atoms with van der Waals surface area (Å²) in [6.07, 6.45) is -0.930. The molecular weight excluding hydrogens is 560 g/mol. The lowest BCUT2D eigenvalue weighted by atomic mass is 9.71. The molecule has 1 aliphatic heterocycles. The van der Waals surface area contributed by atoms with Crippen molar-refractivity contribution < 1.29 is 19.4 Å². The summed E-state index contributed by atoms with van der Waals surface area (Å²) in [6.45, 7) is 22.6. The molecule has 1 saturated heterocycles. The van der Waals surface area contributed by atoms with E-state index >= 15 is 0 Å². The van der Waals surface area contributed by atoms with Crippen LogP contribution in [0.3, 0.4) is 0 Å². The van der Waals surface area contributed by atoms with Gasteiger partial charge < -0.3 is 19.5 Å². The highest BCUT2D eigenvalue weighted by Gasteiger charge is 2.51. The minimum Gasteiger partial charge on any atom is -0.485 e. The lowest BCUT2D eigenvalue weighted by Crippen LogP contribution is -2.70. The van der Waals surface area contributed by atoms with E-state index in [0.717, 1.165) is 0 Å². The summed E-state index contributed by atoms with van der Waals surface area (Å²) >= 11 is 10.3. The van der Waals surface area contributed by atoms with Crippen LogP contribution in [0, 0.1) is 5.41 Å². The second-order valence-corrected chi connectivity index (χ2v) is 14.3. The van der Waals surface area contributed by atoms with Gasteiger partial charge in [0.15, 0.2) is 5.75 Å². The number of rotatable bonds is 3. The first-order valence-corrected chi connectivity index (χ1v) is 13.7. The van der Waals surface area contributed by atoms with E-state index in [-0.39, 0.29) is 17.5 Å². The monoisotopic (exact) mass is 598 g/mol. The Hall–Kier alpha value is -2.00. The summed E-state index contributed by atoms with van der Waals surface area (Å²) in [5.41, 5.74) is -1.52. The lowest BCUT2D eigenvalue weighted by molar-refractivity contribution is -0.00154. The quantitative estimate of drug-likeness (QED) is 0.393. The number of ether oxygens (including phenoxy) is 2. The van der Waals surface area contributed by atoms with Gasteiger partial charge in [-0.1, -0.05) is 32.4 Å². The van der Waals surface area contributed by atoms with Crippen LogP contribution < -0.4 is 14.4 Å². The first kappa shape index (κ1) is 29.6. The van der Waals surface area contributed by atoms with Crippen LogP contribution in [-0.2, 0) is 0 Å². The smallest absolute Gasteiger partial charge is 0.407 e. The maximum atomic E-state index is 12.3. The number of hydrogen-bond acceptors (Lipinski definition) is 6. The van der Waals surface area contributed by atoms with Crippen molar-refractivity contribution in [2.75, 3.05) is 18.0 Å². The van der Waals surface area contributed by atoms with Crippen molar-refractivity contribution in [3.05, 3.63) is 15.6 Å². The molecule has 3 rings (SSSR count). The van der Waals surface area contributed by atoms with Gasteiger partial charge in [-0.15, -0.1) is 0 Å². The average Bonchev–Trinajstić information content (AvgIpc) is 2.70. The number of fused-ring (bicyclic) bond motifs is 1. The summed E-state index contributed by atoms with van der Waals surface area (Å²) in [7, 11) is 0. The molecule has 206 valence electrons. The van der Waals surface area contributed by atoms with E-state index in [0.29, 0.717) is 45.1 Å². The molecule has 2 aromatic rings. The lowest BCUT2D eigenvalue weighted by Gasteiger charge is -2.56. The number of piperazine rings is 1. The van der Waals surface area contributed by atoms with E-state index in [1.807, 2.05) is 61.5 Å². The van der Waals surface area contributed by atoms with Gasteiger partial charge in [-0.2, -0.15) is 9.97 Å². The predicted octanol–water partition coefficient (Wildman–Crippen LogP) is 7.39. The highest BCUT2D eigenvalue weighted by molar-refractivity contribution is 9.10. The Kier molecular flexibility index (Phi) is 7.69. The van der Waals surface area contributed by atoms with Crippen molar-refractivity contribution in [3.8, 4) is 11.8 Å². The molecule has 8 nitrogen and oxygen atoms in total. The molecule has 1 aliphatic rings. The fourth-order valence-electron chi connectivity index (χ4n) is 4.44. The Morgan fingerprint density at radius 2 is 1.68 bits per heavy atom. The van der Waals surface area contributed by atoms with Crippen molar-refractivity contribution in [3.63, 3.8) is 0 Å². The van der Waals surface area contributed by atoms with E-state index in [1.54, 1.807) is 4.90 Å². The molecule has 0 aliphatic carbocycles. The zero-order chi connectivity index (χ0) is 28.3. The van der Waals surface area contributed by atoms with Gasteiger partial charge in [0.05, 0.1) is 15.0 Å². The third-order valence-electron chi connectivity index (χ3n) is 6.78. The number of carboxylic acid groups (broad SMARTS) is 1. The molecule has 0 unspecified atom stereocenters. The van der Waals surface area contributed by atoms with Crippen molar-refractivity contribution >= 4 is 50.3 Å². The van der Waals surface area contributed by atoms with Crippen molar-refractivity contribution in [1.29, 1.82) is 0 Å². The number of halogens is 2. The standard InChI is InChI=1S/C27H40BrClN4O4/c1-15-13-33(23(34)35)27(11,24(2,3)4)14-32(15)21-16-12-17(29)18(28)20(36-25(5,6)7)19(16)30-22(31-21)37-26(8,9)10/h12,15H,13-14H2,1-11H3,(H,34,35)/t15-,27-/m0/s1. The molecule has 37 heavy (non-hydrogen) atoms. The SMILES string of the molecule is C[C@H]1CN(C(=O)O)[C@](C)(C(C)(C)C)CN1c1nc(OC(C)(C)C)nc2c(OC(C)(C)C)c(Br)c(Cl)cc12. The molecular formula is C27H40BrClN4O4. The number of benzene rings is 1. The molecule has 1 fully saturated rings. The Morgan fingerprint density at radius 1 is 1.11 bits per heavy atom. The van der Waals surface area contributed by atoms with Gasteiger partial charge in [-0.3, -0.25) is 4.90 Å². The average molecular weight is 600 g/mol. The van der Waals surface area contributed by atoms with Crippen molar-refractivity contribution in [2.45, 2.75) is 98.9 Å². The largest absolute Gasteiger partial charge is 0.485 e. The van der Waals surface area contributed by atoms with E-state index in [9.17, 15) is 9.90 Å². The number of anilines is 1. The molecule has 0 saturated carbocycles. The second-order valence-electron chi connectivity index (χ2n) is 13.1. The number of amides is 1. The number of aromatic nitrogens is 2. The van der Waals surface area contributed by atoms with Gasteiger partial charge in [-0.05, 0) is 82.8 Å². The molecule has 0 spiro atoms. The topological polar surface area (TPSA) is 88.0 Å². The molecule has 2 atom stereocenters. The van der Waals surface area contributed by atoms with E-state index in [2.05, 4.69) is 41.6 Å². The first-order chi connectivity index (χ1) is 16.6. The highest BCUT2D eigenvalue weighted by atomic mass is 79.9. The first-order valence-electron chi connectivity index (χ1n) is 12.5. The minimum atomic E-state index is -0.930. The minimum absolute atomic E-state index is 0.165. The van der Waals surface area contributed by atoms with Crippen LogP contribution in [0.5, 0.6) is 11.8 Å². The zero-order valence-corrected chi connectivity index (χ0v) is 26.1. The molecule has 1 aromatic heterocycles. The Bertz CT molecular complexity index is 1200. The van der Waals surface area contributed by atoms with Crippen LogP contribution in [0.4, 0.5) is 10.6 Å². The Morgan fingerprint density at radius 3 is 2.16 bits per heavy atom. The molecule has 1 N–H and O–H groups in total. The Balaban J connectivity index is 2.34. The van der Waals surface area contributed by atoms with E-state index in [4.69, 9.17) is 31.0 Å². The normalized spacial score (nSPS) is 21.4. The van der Waals surface area contributed by atoms with Gasteiger partial charge in [0.25, 0.3) is 0 Å². The number of nitrogens with zero attached hydrogens (tertiary/aromatic N) is 4. The van der Waals surface area contributed by atoms with E-state index in [1.165, 1.54) is 0 Å². The third kappa shape index (κ3) is 6.03. The van der Waals surface area contributed by atoms with Crippen LogP contribution in [-0.4, -0.2) is 61.9 Å². The van der Waals surface area contributed by atoms with Crippen LogP contribution >= 0.6 is 27.5 Å². The predicted molar refractivity (Wildman–Crippen MR) is 152 cm³/mol. The summed E-state index contributed by atoms with van der Waals surface area (Å²) in [4.78, 5) is 25.7. The number of hydrogen-bond donors (Lipinski definition) is 1. The number of carbonyl (C=O) groups is 1. The third-order valence-corrected chi connectivity index (χ3v) is 8.09. The molecule has 0 bridgehead atoms. The van der Waals surface area contributed by atoms with Gasteiger partial charge in [0.2, 0.25) is 0 Å². The van der Waals surface area contributed by atoms with Crippen LogP contribution in [0.1, 0.15) is 76.2 Å². The van der Waals surface area contributed by atoms with Crippen LogP contribution in [0.2, 0.25) is 5.02 Å². The maximum absolute atomic E-state index is 12.3. The maximum Gasteiger partial charge on any atom is 0.407 e. The van der Waals surface area contributed by atoms with Gasteiger partial charge in [0.1, 0.15) is 22.5 Å². The highest BCUT2D eigenvalue weighted by Crippen LogP contribution is 2.46. The summed E-state index contributed by atoms with van der Waals surface area (Å²) < 4.78 is 13.1. The molecule has 2 heterocycles. The molecule has 1 aromatic carbocycles. The summed E-state index contributed by atoms with van der Waals surface area (Å²) in [5.74, 6) is 1.14. The van der Waals surface area contributed by atoms with Crippen molar-refractivity contribution in [1.82, 2.24) is 14.9 Å². The zero-order valence-electron chi connectivity index (χ0n) is 23.8. The van der Waals surface area contributed by atoms with E-state index < -0.39 is 22.8 Å². The van der Waals surface area contributed by atoms with Crippen LogP contribution in [0.25, 0.3) is 10.9 Å².